The first-order chi connectivity index (χ1) is 4.93. The number of rotatable bonds is 0. The molecule has 0 aromatic carbocycles. The smallest absolute Gasteiger partial charge is 0.214 e. The van der Waals surface area contributed by atoms with E-state index < -0.39 is 12.3 Å². The SMILES string of the molecule is CN1C(C(F)(F)F)N=NN1N. The van der Waals surface area contributed by atoms with Crippen molar-refractivity contribution in [2.45, 2.75) is 12.3 Å². The fourth-order valence-corrected chi connectivity index (χ4v) is 0.629. The van der Waals surface area contributed by atoms with Crippen molar-refractivity contribution in [2.75, 3.05) is 7.05 Å². The van der Waals surface area contributed by atoms with Crippen molar-refractivity contribution in [3.05, 3.63) is 0 Å². The van der Waals surface area contributed by atoms with Gasteiger partial charge in [0.2, 0.25) is 6.17 Å². The van der Waals surface area contributed by atoms with Gasteiger partial charge in [0.1, 0.15) is 0 Å². The molecule has 0 bridgehead atoms. The monoisotopic (exact) mass is 169 g/mol. The second-order valence-corrected chi connectivity index (χ2v) is 2.01. The fraction of sp³-hybridized carbons (Fsp3) is 1.00. The summed E-state index contributed by atoms with van der Waals surface area (Å²) in [4.78, 5) is 0. The van der Waals surface area contributed by atoms with E-state index in [9.17, 15) is 13.2 Å². The fourth-order valence-electron chi connectivity index (χ4n) is 0.629. The zero-order valence-corrected chi connectivity index (χ0v) is 5.58. The van der Waals surface area contributed by atoms with E-state index in [-0.39, 0.29) is 0 Å². The molecule has 1 heterocycles. The van der Waals surface area contributed by atoms with Crippen LogP contribution in [0.25, 0.3) is 0 Å². The Morgan fingerprint density at radius 1 is 1.45 bits per heavy atom. The van der Waals surface area contributed by atoms with E-state index in [1.165, 1.54) is 0 Å². The highest BCUT2D eigenvalue weighted by Gasteiger charge is 2.47. The summed E-state index contributed by atoms with van der Waals surface area (Å²) in [6.07, 6.45) is -6.38. The summed E-state index contributed by atoms with van der Waals surface area (Å²) in [7, 11) is 1.15. The zero-order valence-electron chi connectivity index (χ0n) is 5.58. The average Bonchev–Trinajstić information content (AvgIpc) is 2.11. The first kappa shape index (κ1) is 8.21. The topological polar surface area (TPSA) is 57.2 Å². The molecule has 1 aliphatic rings. The quantitative estimate of drug-likeness (QED) is 0.530. The molecule has 0 aliphatic carbocycles. The van der Waals surface area contributed by atoms with Gasteiger partial charge in [0.15, 0.2) is 0 Å². The van der Waals surface area contributed by atoms with Gasteiger partial charge in [-0.2, -0.15) is 18.2 Å². The summed E-state index contributed by atoms with van der Waals surface area (Å²) in [5.41, 5.74) is 0. The van der Waals surface area contributed by atoms with Crippen molar-refractivity contribution in [3.8, 4) is 0 Å². The molecule has 0 aromatic rings. The van der Waals surface area contributed by atoms with Crippen molar-refractivity contribution in [2.24, 2.45) is 16.2 Å². The van der Waals surface area contributed by atoms with Gasteiger partial charge in [-0.3, -0.25) is 0 Å². The molecule has 1 unspecified atom stereocenters. The number of hydrazine groups is 2. The molecule has 0 saturated carbocycles. The number of halogens is 3. The van der Waals surface area contributed by atoms with Gasteiger partial charge >= 0.3 is 6.18 Å². The largest absolute Gasteiger partial charge is 0.427 e. The first-order valence-corrected chi connectivity index (χ1v) is 2.68. The summed E-state index contributed by atoms with van der Waals surface area (Å²) >= 11 is 0. The second kappa shape index (κ2) is 2.31. The van der Waals surface area contributed by atoms with Gasteiger partial charge in [-0.05, 0) is 5.22 Å². The van der Waals surface area contributed by atoms with E-state index in [2.05, 4.69) is 10.3 Å². The van der Waals surface area contributed by atoms with Crippen LogP contribution in [0.15, 0.2) is 10.3 Å². The van der Waals surface area contributed by atoms with E-state index in [1.807, 2.05) is 0 Å². The Kier molecular flexibility index (Phi) is 1.72. The molecule has 0 radical (unpaired) electrons. The molecule has 11 heavy (non-hydrogen) atoms. The molecule has 8 heteroatoms. The summed E-state index contributed by atoms with van der Waals surface area (Å²) in [6.45, 7) is 0. The van der Waals surface area contributed by atoms with Crippen LogP contribution < -0.4 is 5.84 Å². The summed E-state index contributed by atoms with van der Waals surface area (Å²) in [5.74, 6) is 4.96. The van der Waals surface area contributed by atoms with Crippen LogP contribution >= 0.6 is 0 Å². The molecule has 0 saturated heterocycles. The molecule has 1 rings (SSSR count). The molecule has 2 N–H and O–H groups in total. The Balaban J connectivity index is 2.70. The molecular formula is C3H6F3N5. The van der Waals surface area contributed by atoms with Crippen molar-refractivity contribution in [1.82, 2.24) is 10.2 Å². The number of hydrogen-bond donors (Lipinski definition) is 1. The van der Waals surface area contributed by atoms with Gasteiger partial charge in [0.25, 0.3) is 0 Å². The molecule has 1 atom stereocenters. The summed E-state index contributed by atoms with van der Waals surface area (Å²) in [5, 5.41) is 7.12. The van der Waals surface area contributed by atoms with E-state index in [1.54, 1.807) is 0 Å². The zero-order chi connectivity index (χ0) is 8.65. The van der Waals surface area contributed by atoms with Crippen LogP contribution in [0.3, 0.4) is 0 Å². The van der Waals surface area contributed by atoms with Crippen LogP contribution in [0, 0.1) is 0 Å². The molecule has 0 amide bonds. The Hall–Kier alpha value is -0.890. The predicted octanol–water partition coefficient (Wildman–Crippen LogP) is 0.278. The maximum atomic E-state index is 11.9. The number of hydrogen-bond acceptors (Lipinski definition) is 5. The lowest BCUT2D eigenvalue weighted by Crippen LogP contribution is -2.47. The summed E-state index contributed by atoms with van der Waals surface area (Å²) in [6, 6.07) is 0. The molecular weight excluding hydrogens is 163 g/mol. The molecule has 64 valence electrons. The Bertz CT molecular complexity index is 176. The molecule has 0 spiro atoms. The van der Waals surface area contributed by atoms with Crippen LogP contribution in [0.4, 0.5) is 13.2 Å². The van der Waals surface area contributed by atoms with E-state index in [4.69, 9.17) is 5.84 Å². The summed E-state index contributed by atoms with van der Waals surface area (Å²) < 4.78 is 35.7. The molecule has 0 fully saturated rings. The molecule has 1 aliphatic heterocycles. The van der Waals surface area contributed by atoms with Gasteiger partial charge in [0, 0.05) is 7.05 Å². The first-order valence-electron chi connectivity index (χ1n) is 2.68. The number of nitrogens with two attached hydrogens (primary N) is 1. The molecule has 5 nitrogen and oxygen atoms in total. The molecule has 0 aromatic heterocycles. The second-order valence-electron chi connectivity index (χ2n) is 2.01. The Morgan fingerprint density at radius 2 is 2.00 bits per heavy atom. The van der Waals surface area contributed by atoms with Gasteiger partial charge in [0.05, 0.1) is 0 Å². The van der Waals surface area contributed by atoms with Crippen LogP contribution in [0.2, 0.25) is 0 Å². The average molecular weight is 169 g/mol. The highest BCUT2D eigenvalue weighted by molar-refractivity contribution is 4.72. The Labute approximate surface area is 60.2 Å². The third kappa shape index (κ3) is 1.40. The van der Waals surface area contributed by atoms with Gasteiger partial charge in [-0.25, -0.2) is 5.84 Å². The van der Waals surface area contributed by atoms with Crippen molar-refractivity contribution in [3.63, 3.8) is 0 Å². The van der Waals surface area contributed by atoms with Crippen molar-refractivity contribution in [1.29, 1.82) is 0 Å². The minimum absolute atomic E-state index is 0.540. The van der Waals surface area contributed by atoms with Gasteiger partial charge in [-0.1, -0.05) is 0 Å². The van der Waals surface area contributed by atoms with Crippen molar-refractivity contribution < 1.29 is 13.2 Å². The van der Waals surface area contributed by atoms with Crippen LogP contribution in [0.5, 0.6) is 0 Å². The van der Waals surface area contributed by atoms with Crippen LogP contribution in [-0.2, 0) is 0 Å². The number of alkyl halides is 3. The maximum Gasteiger partial charge on any atom is 0.427 e. The van der Waals surface area contributed by atoms with E-state index in [0.717, 1.165) is 7.05 Å². The van der Waals surface area contributed by atoms with Crippen molar-refractivity contribution >= 4 is 0 Å². The third-order valence-corrected chi connectivity index (χ3v) is 1.22. The highest BCUT2D eigenvalue weighted by Crippen LogP contribution is 2.28. The standard InChI is InChI=1S/C3H6F3N5/c1-10-2(3(4,5)6)8-9-11(10)7/h2H,7H2,1H3. The van der Waals surface area contributed by atoms with Gasteiger partial charge in [-0.15, -0.1) is 10.3 Å². The lowest BCUT2D eigenvalue weighted by atomic mass is 10.5. The lowest BCUT2D eigenvalue weighted by Gasteiger charge is -2.21. The van der Waals surface area contributed by atoms with E-state index >= 15 is 0 Å². The van der Waals surface area contributed by atoms with Crippen LogP contribution in [0.1, 0.15) is 0 Å². The van der Waals surface area contributed by atoms with E-state index in [0.29, 0.717) is 10.2 Å². The minimum atomic E-state index is -4.42. The minimum Gasteiger partial charge on any atom is -0.214 e. The predicted molar refractivity (Wildman–Crippen MR) is 28.5 cm³/mol. The van der Waals surface area contributed by atoms with Gasteiger partial charge < -0.3 is 0 Å². The number of nitrogens with zero attached hydrogens (tertiary/aromatic N) is 4. The normalized spacial score (nSPS) is 26.6. The maximum absolute atomic E-state index is 11.9. The highest BCUT2D eigenvalue weighted by atomic mass is 19.4. The third-order valence-electron chi connectivity index (χ3n) is 1.22. The van der Waals surface area contributed by atoms with Crippen LogP contribution in [-0.4, -0.2) is 29.6 Å². The Morgan fingerprint density at radius 3 is 2.18 bits per heavy atom. The lowest BCUT2D eigenvalue weighted by molar-refractivity contribution is -0.198.